The standard InChI is InChI=1S/C25H25N3O3S/c1-3-28(17(2)22-15-18-7-4-5-8-21(18)31-22)16-24(29)26-19-10-12-20(13-11-19)27-25(30)23-9-6-14-32-23/h4-15,17H,3,16H2,1-2H3,(H,26,29)(H,27,30). The molecule has 7 heteroatoms. The number of fused-ring (bicyclic) bond motifs is 1. The highest BCUT2D eigenvalue weighted by Gasteiger charge is 2.20. The van der Waals surface area contributed by atoms with Crippen LogP contribution in [-0.2, 0) is 4.79 Å². The topological polar surface area (TPSA) is 74.6 Å². The van der Waals surface area contributed by atoms with Crippen LogP contribution >= 0.6 is 11.3 Å². The minimum absolute atomic E-state index is 0.0343. The SMILES string of the molecule is CCN(CC(=O)Nc1ccc(NC(=O)c2cccs2)cc1)C(C)c1cc2ccccc2o1. The Bertz CT molecular complexity index is 1170. The van der Waals surface area contributed by atoms with Crippen LogP contribution in [0.3, 0.4) is 0 Å². The number of para-hydroxylation sites is 1. The van der Waals surface area contributed by atoms with Crippen molar-refractivity contribution in [1.82, 2.24) is 4.90 Å². The van der Waals surface area contributed by atoms with Gasteiger partial charge in [-0.25, -0.2) is 0 Å². The Balaban J connectivity index is 1.34. The van der Waals surface area contributed by atoms with Crippen LogP contribution in [-0.4, -0.2) is 29.8 Å². The molecule has 32 heavy (non-hydrogen) atoms. The van der Waals surface area contributed by atoms with E-state index < -0.39 is 0 Å². The van der Waals surface area contributed by atoms with E-state index in [0.717, 1.165) is 16.7 Å². The summed E-state index contributed by atoms with van der Waals surface area (Å²) >= 11 is 1.39. The van der Waals surface area contributed by atoms with Gasteiger partial charge in [0.2, 0.25) is 5.91 Å². The van der Waals surface area contributed by atoms with E-state index in [1.165, 1.54) is 11.3 Å². The first-order chi connectivity index (χ1) is 15.5. The second-order valence-electron chi connectivity index (χ2n) is 7.48. The predicted molar refractivity (Wildman–Crippen MR) is 129 cm³/mol. The molecule has 0 bridgehead atoms. The van der Waals surface area contributed by atoms with E-state index in [1.54, 1.807) is 30.3 Å². The molecule has 164 valence electrons. The lowest BCUT2D eigenvalue weighted by atomic mass is 10.2. The quantitative estimate of drug-likeness (QED) is 0.360. The number of amides is 2. The number of carbonyl (C=O) groups excluding carboxylic acids is 2. The van der Waals surface area contributed by atoms with Gasteiger partial charge in [-0.15, -0.1) is 11.3 Å². The number of nitrogens with zero attached hydrogens (tertiary/aromatic N) is 1. The van der Waals surface area contributed by atoms with E-state index >= 15 is 0 Å². The highest BCUT2D eigenvalue weighted by Crippen LogP contribution is 2.27. The molecule has 0 radical (unpaired) electrons. The molecule has 2 aromatic heterocycles. The number of benzene rings is 2. The highest BCUT2D eigenvalue weighted by molar-refractivity contribution is 7.12. The minimum Gasteiger partial charge on any atom is -0.459 e. The molecule has 0 spiro atoms. The first-order valence-electron chi connectivity index (χ1n) is 10.5. The van der Waals surface area contributed by atoms with Crippen molar-refractivity contribution < 1.29 is 14.0 Å². The number of rotatable bonds is 8. The third-order valence-electron chi connectivity index (χ3n) is 5.33. The van der Waals surface area contributed by atoms with Crippen molar-refractivity contribution >= 4 is 45.5 Å². The summed E-state index contributed by atoms with van der Waals surface area (Å²) in [6.07, 6.45) is 0. The van der Waals surface area contributed by atoms with Crippen molar-refractivity contribution in [1.29, 1.82) is 0 Å². The molecule has 1 unspecified atom stereocenters. The third-order valence-corrected chi connectivity index (χ3v) is 6.20. The fraction of sp³-hybridized carbons (Fsp3) is 0.200. The largest absolute Gasteiger partial charge is 0.459 e. The Labute approximate surface area is 190 Å². The highest BCUT2D eigenvalue weighted by atomic mass is 32.1. The smallest absolute Gasteiger partial charge is 0.265 e. The van der Waals surface area contributed by atoms with Crippen LogP contribution in [0.2, 0.25) is 0 Å². The molecule has 0 saturated carbocycles. The second-order valence-corrected chi connectivity index (χ2v) is 8.43. The van der Waals surface area contributed by atoms with Gasteiger partial charge in [-0.05, 0) is 61.3 Å². The first-order valence-corrected chi connectivity index (χ1v) is 11.4. The molecular weight excluding hydrogens is 422 g/mol. The number of furan rings is 1. The third kappa shape index (κ3) is 5.07. The summed E-state index contributed by atoms with van der Waals surface area (Å²) in [5, 5.41) is 8.70. The number of hydrogen-bond acceptors (Lipinski definition) is 5. The molecule has 0 aliphatic carbocycles. The van der Waals surface area contributed by atoms with Crippen molar-refractivity contribution in [3.63, 3.8) is 0 Å². The second kappa shape index (κ2) is 9.80. The monoisotopic (exact) mass is 447 g/mol. The van der Waals surface area contributed by atoms with Crippen molar-refractivity contribution in [3.05, 3.63) is 82.7 Å². The zero-order valence-electron chi connectivity index (χ0n) is 18.0. The molecule has 0 aliphatic heterocycles. The Hall–Kier alpha value is -3.42. The molecule has 2 aromatic carbocycles. The predicted octanol–water partition coefficient (Wildman–Crippen LogP) is 5.77. The molecular formula is C25H25N3O3S. The van der Waals surface area contributed by atoms with E-state index in [1.807, 2.05) is 55.6 Å². The number of thiophene rings is 1. The van der Waals surface area contributed by atoms with Gasteiger partial charge >= 0.3 is 0 Å². The normalized spacial score (nSPS) is 12.1. The molecule has 0 aliphatic rings. The van der Waals surface area contributed by atoms with Crippen molar-refractivity contribution in [2.45, 2.75) is 19.9 Å². The maximum atomic E-state index is 12.7. The molecule has 0 fully saturated rings. The van der Waals surface area contributed by atoms with Crippen LogP contribution in [0.1, 0.15) is 35.3 Å². The van der Waals surface area contributed by atoms with E-state index in [0.29, 0.717) is 22.8 Å². The minimum atomic E-state index is -0.144. The van der Waals surface area contributed by atoms with Crippen LogP contribution < -0.4 is 10.6 Å². The van der Waals surface area contributed by atoms with E-state index in [2.05, 4.69) is 15.5 Å². The number of anilines is 2. The van der Waals surface area contributed by atoms with Gasteiger partial charge in [0, 0.05) is 16.8 Å². The summed E-state index contributed by atoms with van der Waals surface area (Å²) in [7, 11) is 0. The Kier molecular flexibility index (Phi) is 6.68. The van der Waals surface area contributed by atoms with Crippen LogP contribution in [0.5, 0.6) is 0 Å². The number of carbonyl (C=O) groups is 2. The maximum Gasteiger partial charge on any atom is 0.265 e. The molecule has 0 saturated heterocycles. The van der Waals surface area contributed by atoms with Crippen molar-refractivity contribution in [3.8, 4) is 0 Å². The van der Waals surface area contributed by atoms with E-state index in [-0.39, 0.29) is 24.4 Å². The van der Waals surface area contributed by atoms with Crippen LogP contribution in [0.4, 0.5) is 11.4 Å². The summed E-state index contributed by atoms with van der Waals surface area (Å²) < 4.78 is 5.98. The van der Waals surface area contributed by atoms with Crippen LogP contribution in [0, 0.1) is 0 Å². The fourth-order valence-electron chi connectivity index (χ4n) is 3.53. The summed E-state index contributed by atoms with van der Waals surface area (Å²) in [6.45, 7) is 5.02. The number of likely N-dealkylation sites (N-methyl/N-ethyl adjacent to an activating group) is 1. The van der Waals surface area contributed by atoms with Gasteiger partial charge in [0.15, 0.2) is 0 Å². The number of nitrogens with one attached hydrogen (secondary N) is 2. The van der Waals surface area contributed by atoms with Gasteiger partial charge in [0.05, 0.1) is 17.5 Å². The lowest BCUT2D eigenvalue weighted by Crippen LogP contribution is -2.35. The summed E-state index contributed by atoms with van der Waals surface area (Å²) in [4.78, 5) is 27.5. The summed E-state index contributed by atoms with van der Waals surface area (Å²) in [5.74, 6) is 0.590. The maximum absolute atomic E-state index is 12.7. The van der Waals surface area contributed by atoms with Crippen molar-refractivity contribution in [2.24, 2.45) is 0 Å². The van der Waals surface area contributed by atoms with Gasteiger partial charge in [-0.1, -0.05) is 31.2 Å². The molecule has 4 aromatic rings. The molecule has 1 atom stereocenters. The Morgan fingerprint density at radius 3 is 2.38 bits per heavy atom. The summed E-state index contributed by atoms with van der Waals surface area (Å²) in [5.41, 5.74) is 2.20. The Morgan fingerprint density at radius 2 is 1.72 bits per heavy atom. The first kappa shape index (κ1) is 21.8. The average molecular weight is 448 g/mol. The van der Waals surface area contributed by atoms with Gasteiger partial charge in [0.1, 0.15) is 11.3 Å². The van der Waals surface area contributed by atoms with Crippen LogP contribution in [0.25, 0.3) is 11.0 Å². The average Bonchev–Trinajstić information content (AvgIpc) is 3.48. The summed E-state index contributed by atoms with van der Waals surface area (Å²) in [6, 6.07) is 20.6. The zero-order chi connectivity index (χ0) is 22.5. The number of hydrogen-bond donors (Lipinski definition) is 2. The van der Waals surface area contributed by atoms with Crippen molar-refractivity contribution in [2.75, 3.05) is 23.7 Å². The molecule has 6 nitrogen and oxygen atoms in total. The molecule has 2 heterocycles. The van der Waals surface area contributed by atoms with Crippen LogP contribution in [0.15, 0.2) is 76.5 Å². The Morgan fingerprint density at radius 1 is 1.00 bits per heavy atom. The molecule has 2 N–H and O–H groups in total. The van der Waals surface area contributed by atoms with Gasteiger partial charge in [-0.2, -0.15) is 0 Å². The lowest BCUT2D eigenvalue weighted by molar-refractivity contribution is -0.117. The fourth-order valence-corrected chi connectivity index (χ4v) is 4.15. The van der Waals surface area contributed by atoms with Gasteiger partial charge in [0.25, 0.3) is 5.91 Å². The van der Waals surface area contributed by atoms with Gasteiger partial charge in [-0.3, -0.25) is 14.5 Å². The molecule has 2 amide bonds. The lowest BCUT2D eigenvalue weighted by Gasteiger charge is -2.25. The van der Waals surface area contributed by atoms with E-state index in [9.17, 15) is 9.59 Å². The molecule has 4 rings (SSSR count). The zero-order valence-corrected chi connectivity index (χ0v) is 18.8. The van der Waals surface area contributed by atoms with E-state index in [4.69, 9.17) is 4.42 Å². The van der Waals surface area contributed by atoms with Gasteiger partial charge < -0.3 is 15.1 Å².